The summed E-state index contributed by atoms with van der Waals surface area (Å²) in [5.74, 6) is 0. The van der Waals surface area contributed by atoms with Crippen molar-refractivity contribution in [2.75, 3.05) is 32.1 Å². The Kier molecular flexibility index (Phi) is 4.72. The van der Waals surface area contributed by atoms with Gasteiger partial charge >= 0.3 is 0 Å². The second-order valence-corrected chi connectivity index (χ2v) is 7.95. The van der Waals surface area contributed by atoms with Crippen molar-refractivity contribution in [2.24, 2.45) is 5.73 Å². The van der Waals surface area contributed by atoms with E-state index in [0.29, 0.717) is 12.6 Å². The molecule has 0 aliphatic carbocycles. The zero-order valence-electron chi connectivity index (χ0n) is 13.4. The van der Waals surface area contributed by atoms with E-state index in [2.05, 4.69) is 44.7 Å². The molecule has 1 aromatic rings. The fraction of sp³-hybridized carbons (Fsp3) is 0.800. The van der Waals surface area contributed by atoms with Crippen LogP contribution in [0.3, 0.4) is 0 Å². The Morgan fingerprint density at radius 1 is 1.45 bits per heavy atom. The van der Waals surface area contributed by atoms with Gasteiger partial charge in [-0.15, -0.1) is 11.3 Å². The molecule has 0 saturated carbocycles. The van der Waals surface area contributed by atoms with Crippen molar-refractivity contribution in [3.05, 3.63) is 10.6 Å². The molecule has 5 heteroatoms. The molecule has 4 nitrogen and oxygen atoms in total. The zero-order valence-corrected chi connectivity index (χ0v) is 14.3. The molecule has 0 aromatic carbocycles. The van der Waals surface area contributed by atoms with Crippen LogP contribution in [-0.2, 0) is 12.0 Å². The van der Waals surface area contributed by atoms with Gasteiger partial charge in [0, 0.05) is 36.5 Å². The third-order valence-electron chi connectivity index (χ3n) is 4.03. The van der Waals surface area contributed by atoms with Crippen LogP contribution in [0.1, 0.15) is 44.2 Å². The van der Waals surface area contributed by atoms with Crippen molar-refractivity contribution < 1.29 is 0 Å². The third-order valence-corrected chi connectivity index (χ3v) is 5.20. The highest BCUT2D eigenvalue weighted by molar-refractivity contribution is 7.15. The summed E-state index contributed by atoms with van der Waals surface area (Å²) in [6.07, 6.45) is 2.52. The first-order valence-electron chi connectivity index (χ1n) is 7.44. The minimum absolute atomic E-state index is 0.0631. The normalized spacial score (nSPS) is 21.2. The second-order valence-electron chi connectivity index (χ2n) is 6.89. The maximum atomic E-state index is 5.90. The number of nitrogens with zero attached hydrogens (tertiary/aromatic N) is 3. The monoisotopic (exact) mass is 296 g/mol. The number of thiazole rings is 1. The number of rotatable bonds is 3. The second kappa shape index (κ2) is 6.00. The first-order valence-corrected chi connectivity index (χ1v) is 8.26. The summed E-state index contributed by atoms with van der Waals surface area (Å²) >= 11 is 1.76. The SMILES string of the molecule is CN1CCCC(N(C)c2nc(C(C)(C)C)c(CN)s2)C1. The third kappa shape index (κ3) is 3.32. The summed E-state index contributed by atoms with van der Waals surface area (Å²) in [6.45, 7) is 9.54. The Bertz CT molecular complexity index is 449. The van der Waals surface area contributed by atoms with Crippen LogP contribution in [0.2, 0.25) is 0 Å². The fourth-order valence-electron chi connectivity index (χ4n) is 2.83. The van der Waals surface area contributed by atoms with Gasteiger partial charge in [0.05, 0.1) is 5.69 Å². The van der Waals surface area contributed by atoms with Crippen LogP contribution in [-0.4, -0.2) is 43.1 Å². The molecule has 114 valence electrons. The average molecular weight is 296 g/mol. The van der Waals surface area contributed by atoms with Gasteiger partial charge in [-0.1, -0.05) is 20.8 Å². The molecule has 0 radical (unpaired) electrons. The van der Waals surface area contributed by atoms with Gasteiger partial charge in [-0.3, -0.25) is 0 Å². The van der Waals surface area contributed by atoms with Gasteiger partial charge < -0.3 is 15.5 Å². The minimum atomic E-state index is 0.0631. The number of likely N-dealkylation sites (N-methyl/N-ethyl adjacent to an activating group) is 2. The molecule has 0 spiro atoms. The summed E-state index contributed by atoms with van der Waals surface area (Å²) < 4.78 is 0. The molecule has 0 amide bonds. The van der Waals surface area contributed by atoms with Gasteiger partial charge in [-0.25, -0.2) is 4.98 Å². The van der Waals surface area contributed by atoms with E-state index in [1.54, 1.807) is 11.3 Å². The lowest BCUT2D eigenvalue weighted by atomic mass is 9.91. The summed E-state index contributed by atoms with van der Waals surface area (Å²) in [5.41, 5.74) is 7.13. The van der Waals surface area contributed by atoms with Gasteiger partial charge in [0.15, 0.2) is 5.13 Å². The molecule has 1 atom stereocenters. The van der Waals surface area contributed by atoms with Crippen LogP contribution in [0.15, 0.2) is 0 Å². The number of anilines is 1. The molecule has 20 heavy (non-hydrogen) atoms. The van der Waals surface area contributed by atoms with E-state index in [1.165, 1.54) is 24.3 Å². The Labute approximate surface area is 127 Å². The van der Waals surface area contributed by atoms with Crippen LogP contribution in [0.4, 0.5) is 5.13 Å². The van der Waals surface area contributed by atoms with Gasteiger partial charge in [0.25, 0.3) is 0 Å². The zero-order chi connectivity index (χ0) is 14.9. The van der Waals surface area contributed by atoms with E-state index in [1.807, 2.05) is 0 Å². The number of nitrogens with two attached hydrogens (primary N) is 1. The van der Waals surface area contributed by atoms with Crippen molar-refractivity contribution in [2.45, 2.75) is 51.6 Å². The highest BCUT2D eigenvalue weighted by Gasteiger charge is 2.27. The predicted octanol–water partition coefficient (Wildman–Crippen LogP) is 2.43. The van der Waals surface area contributed by atoms with Crippen LogP contribution in [0, 0.1) is 0 Å². The fourth-order valence-corrected chi connectivity index (χ4v) is 4.01. The van der Waals surface area contributed by atoms with Gasteiger partial charge in [0.2, 0.25) is 0 Å². The van der Waals surface area contributed by atoms with Crippen LogP contribution < -0.4 is 10.6 Å². The Balaban J connectivity index is 2.22. The first kappa shape index (κ1) is 15.7. The average Bonchev–Trinajstić information content (AvgIpc) is 2.82. The summed E-state index contributed by atoms with van der Waals surface area (Å²) in [4.78, 5) is 10.9. The van der Waals surface area contributed by atoms with E-state index >= 15 is 0 Å². The molecule has 2 rings (SSSR count). The van der Waals surface area contributed by atoms with Crippen molar-refractivity contribution in [1.29, 1.82) is 0 Å². The molecule has 1 aliphatic rings. The molecule has 1 fully saturated rings. The largest absolute Gasteiger partial charge is 0.347 e. The number of hydrogen-bond acceptors (Lipinski definition) is 5. The predicted molar refractivity (Wildman–Crippen MR) is 87.6 cm³/mol. The van der Waals surface area contributed by atoms with E-state index in [-0.39, 0.29) is 5.41 Å². The Morgan fingerprint density at radius 2 is 2.15 bits per heavy atom. The Hall–Kier alpha value is -0.650. The van der Waals surface area contributed by atoms with Crippen LogP contribution in [0.5, 0.6) is 0 Å². The van der Waals surface area contributed by atoms with Crippen molar-refractivity contribution in [3.8, 4) is 0 Å². The van der Waals surface area contributed by atoms with Crippen LogP contribution >= 0.6 is 11.3 Å². The van der Waals surface area contributed by atoms with E-state index in [9.17, 15) is 0 Å². The van der Waals surface area contributed by atoms with Crippen LogP contribution in [0.25, 0.3) is 0 Å². The smallest absolute Gasteiger partial charge is 0.185 e. The molecule has 1 unspecified atom stereocenters. The summed E-state index contributed by atoms with van der Waals surface area (Å²) in [6, 6.07) is 0.568. The standard InChI is InChI=1S/C15H28N4S/c1-15(2,3)13-12(9-16)20-14(17-13)19(5)11-7-6-8-18(4)10-11/h11H,6-10,16H2,1-5H3. The van der Waals surface area contributed by atoms with Crippen molar-refractivity contribution in [3.63, 3.8) is 0 Å². The molecule has 2 N–H and O–H groups in total. The molecule has 1 aromatic heterocycles. The van der Waals surface area contributed by atoms with E-state index < -0.39 is 0 Å². The minimum Gasteiger partial charge on any atom is -0.347 e. The van der Waals surface area contributed by atoms with Gasteiger partial charge in [0.1, 0.15) is 0 Å². The number of hydrogen-bond donors (Lipinski definition) is 1. The number of likely N-dealkylation sites (tertiary alicyclic amines) is 1. The highest BCUT2D eigenvalue weighted by Crippen LogP contribution is 2.34. The van der Waals surface area contributed by atoms with E-state index in [4.69, 9.17) is 10.7 Å². The Morgan fingerprint density at radius 3 is 2.65 bits per heavy atom. The topological polar surface area (TPSA) is 45.4 Å². The van der Waals surface area contributed by atoms with Crippen molar-refractivity contribution >= 4 is 16.5 Å². The molecule has 1 saturated heterocycles. The molecule has 0 bridgehead atoms. The maximum absolute atomic E-state index is 5.90. The molecular formula is C15H28N4S. The van der Waals surface area contributed by atoms with Gasteiger partial charge in [-0.05, 0) is 26.4 Å². The lowest BCUT2D eigenvalue weighted by Crippen LogP contribution is -2.45. The molecular weight excluding hydrogens is 268 g/mol. The number of piperidine rings is 1. The first-order chi connectivity index (χ1) is 9.32. The van der Waals surface area contributed by atoms with Gasteiger partial charge in [-0.2, -0.15) is 0 Å². The summed E-state index contributed by atoms with van der Waals surface area (Å²) in [5, 5.41) is 1.12. The molecule has 2 heterocycles. The molecule has 1 aliphatic heterocycles. The lowest BCUT2D eigenvalue weighted by Gasteiger charge is -2.35. The van der Waals surface area contributed by atoms with Crippen molar-refractivity contribution in [1.82, 2.24) is 9.88 Å². The van der Waals surface area contributed by atoms with E-state index in [0.717, 1.165) is 17.4 Å². The lowest BCUT2D eigenvalue weighted by molar-refractivity contribution is 0.248. The maximum Gasteiger partial charge on any atom is 0.185 e. The number of aromatic nitrogens is 1. The highest BCUT2D eigenvalue weighted by atomic mass is 32.1. The summed E-state index contributed by atoms with van der Waals surface area (Å²) in [7, 11) is 4.38. The quantitative estimate of drug-likeness (QED) is 0.930.